The molecule has 3 rings (SSSR count). The first kappa shape index (κ1) is 13.2. The zero-order chi connectivity index (χ0) is 14.3. The Labute approximate surface area is 119 Å². The largest absolute Gasteiger partial charge is 0.281 e. The predicted octanol–water partition coefficient (Wildman–Crippen LogP) is 2.88. The zero-order valence-corrected chi connectivity index (χ0v) is 12.3. The van der Waals surface area contributed by atoms with Gasteiger partial charge in [-0.3, -0.25) is 14.0 Å². The van der Waals surface area contributed by atoms with Gasteiger partial charge in [-0.15, -0.1) is 0 Å². The molecule has 20 heavy (non-hydrogen) atoms. The molecule has 1 saturated carbocycles. The van der Waals surface area contributed by atoms with Gasteiger partial charge in [0.25, 0.3) is 5.56 Å². The minimum absolute atomic E-state index is 0.0830. The van der Waals surface area contributed by atoms with E-state index in [0.29, 0.717) is 12.0 Å². The van der Waals surface area contributed by atoms with Gasteiger partial charge in [-0.05, 0) is 38.2 Å². The lowest BCUT2D eigenvalue weighted by molar-refractivity contribution is 0.621. The summed E-state index contributed by atoms with van der Waals surface area (Å²) >= 11 is 0. The normalized spacial score (nSPS) is 15.0. The Morgan fingerprint density at radius 2 is 2.15 bits per heavy atom. The molecule has 2 aromatic heterocycles. The molecule has 0 bridgehead atoms. The number of pyridine rings is 1. The Balaban J connectivity index is 2.04. The third-order valence-corrected chi connectivity index (χ3v) is 3.83. The van der Waals surface area contributed by atoms with Crippen LogP contribution in [0.15, 0.2) is 29.3 Å². The highest BCUT2D eigenvalue weighted by Gasteiger charge is 2.27. The number of rotatable bonds is 4. The van der Waals surface area contributed by atoms with Crippen molar-refractivity contribution in [3.8, 4) is 5.69 Å². The molecule has 0 aliphatic heterocycles. The summed E-state index contributed by atoms with van der Waals surface area (Å²) in [6.45, 7) is 6.31. The van der Waals surface area contributed by atoms with Crippen LogP contribution in [0, 0.1) is 12.8 Å². The molecule has 1 aliphatic carbocycles. The van der Waals surface area contributed by atoms with Crippen molar-refractivity contribution in [3.05, 3.63) is 46.1 Å². The summed E-state index contributed by atoms with van der Waals surface area (Å²) in [6, 6.07) is 4.42. The minimum atomic E-state index is 0.0830. The maximum atomic E-state index is 12.6. The van der Waals surface area contributed by atoms with Gasteiger partial charge in [0.05, 0.1) is 23.6 Å². The molecule has 0 atom stereocenters. The number of hydrogen-bond acceptors (Lipinski definition) is 2. The van der Waals surface area contributed by atoms with Crippen LogP contribution < -0.4 is 5.56 Å². The van der Waals surface area contributed by atoms with Crippen LogP contribution in [0.5, 0.6) is 0 Å². The fraction of sp³-hybridized carbons (Fsp3) is 0.500. The molecule has 0 saturated heterocycles. The molecule has 4 heteroatoms. The van der Waals surface area contributed by atoms with E-state index in [9.17, 15) is 4.79 Å². The Kier molecular flexibility index (Phi) is 3.24. The molecule has 0 radical (unpaired) electrons. The highest BCUT2D eigenvalue weighted by atomic mass is 16.1. The lowest BCUT2D eigenvalue weighted by Gasteiger charge is -2.09. The summed E-state index contributed by atoms with van der Waals surface area (Å²) < 4.78 is 3.79. The van der Waals surface area contributed by atoms with E-state index >= 15 is 0 Å². The van der Waals surface area contributed by atoms with Crippen LogP contribution in [0.25, 0.3) is 5.69 Å². The quantitative estimate of drug-likeness (QED) is 0.857. The number of aromatic nitrogens is 3. The van der Waals surface area contributed by atoms with Gasteiger partial charge >= 0.3 is 0 Å². The van der Waals surface area contributed by atoms with Gasteiger partial charge in [-0.2, -0.15) is 5.10 Å². The van der Waals surface area contributed by atoms with E-state index in [2.05, 4.69) is 23.6 Å². The van der Waals surface area contributed by atoms with E-state index in [1.165, 1.54) is 12.8 Å². The minimum Gasteiger partial charge on any atom is -0.281 e. The second-order valence-corrected chi connectivity index (χ2v) is 6.10. The van der Waals surface area contributed by atoms with Crippen molar-refractivity contribution in [1.29, 1.82) is 0 Å². The van der Waals surface area contributed by atoms with Crippen molar-refractivity contribution in [2.45, 2.75) is 46.1 Å². The van der Waals surface area contributed by atoms with Crippen LogP contribution in [0.4, 0.5) is 0 Å². The summed E-state index contributed by atoms with van der Waals surface area (Å²) in [5.74, 6) is 0.480. The fourth-order valence-corrected chi connectivity index (χ4v) is 2.66. The second-order valence-electron chi connectivity index (χ2n) is 6.10. The molecule has 1 aliphatic rings. The summed E-state index contributed by atoms with van der Waals surface area (Å²) in [6.07, 6.45) is 6.87. The van der Waals surface area contributed by atoms with Gasteiger partial charge in [0.1, 0.15) is 0 Å². The predicted molar refractivity (Wildman–Crippen MR) is 79.4 cm³/mol. The molecule has 0 amide bonds. The standard InChI is InChI=1S/C16H21N3O/c1-11(2)9-13-5-4-8-18(16(13)20)15-10-17-19(12(15)3)14-6-7-14/h4-5,8,10-11,14H,6-7,9H2,1-3H3. The van der Waals surface area contributed by atoms with Crippen molar-refractivity contribution < 1.29 is 0 Å². The first-order valence-corrected chi connectivity index (χ1v) is 7.33. The van der Waals surface area contributed by atoms with E-state index in [4.69, 9.17) is 0 Å². The van der Waals surface area contributed by atoms with E-state index in [-0.39, 0.29) is 5.56 Å². The van der Waals surface area contributed by atoms with E-state index in [0.717, 1.165) is 23.4 Å². The van der Waals surface area contributed by atoms with E-state index < -0.39 is 0 Å². The Hall–Kier alpha value is -1.84. The molecule has 1 fully saturated rings. The molecule has 0 N–H and O–H groups in total. The summed E-state index contributed by atoms with van der Waals surface area (Å²) in [5.41, 5.74) is 2.95. The monoisotopic (exact) mass is 271 g/mol. The third-order valence-electron chi connectivity index (χ3n) is 3.83. The molecular formula is C16H21N3O. The van der Waals surface area contributed by atoms with Gasteiger partial charge < -0.3 is 0 Å². The molecule has 0 aromatic carbocycles. The van der Waals surface area contributed by atoms with Crippen LogP contribution in [-0.4, -0.2) is 14.3 Å². The SMILES string of the molecule is Cc1c(-n2cccc(CC(C)C)c2=O)cnn1C1CC1. The third kappa shape index (κ3) is 2.30. The van der Waals surface area contributed by atoms with Crippen LogP contribution in [0.2, 0.25) is 0 Å². The highest BCUT2D eigenvalue weighted by Crippen LogP contribution is 2.36. The second kappa shape index (κ2) is 4.93. The Morgan fingerprint density at radius 1 is 1.40 bits per heavy atom. The van der Waals surface area contributed by atoms with Crippen molar-refractivity contribution in [2.24, 2.45) is 5.92 Å². The van der Waals surface area contributed by atoms with E-state index in [1.54, 1.807) is 4.57 Å². The van der Waals surface area contributed by atoms with Gasteiger partial charge in [0.15, 0.2) is 0 Å². The number of hydrogen-bond donors (Lipinski definition) is 0. The molecule has 4 nitrogen and oxygen atoms in total. The van der Waals surface area contributed by atoms with Gasteiger partial charge in [-0.1, -0.05) is 19.9 Å². The molecule has 2 aromatic rings. The van der Waals surface area contributed by atoms with Crippen molar-refractivity contribution in [1.82, 2.24) is 14.3 Å². The molecular weight excluding hydrogens is 250 g/mol. The Morgan fingerprint density at radius 3 is 2.80 bits per heavy atom. The average Bonchev–Trinajstić information content (AvgIpc) is 3.16. The van der Waals surface area contributed by atoms with Crippen molar-refractivity contribution >= 4 is 0 Å². The van der Waals surface area contributed by atoms with Crippen LogP contribution >= 0.6 is 0 Å². The highest BCUT2D eigenvalue weighted by molar-refractivity contribution is 5.36. The van der Waals surface area contributed by atoms with Gasteiger partial charge in [0.2, 0.25) is 0 Å². The number of nitrogens with zero attached hydrogens (tertiary/aromatic N) is 3. The first-order chi connectivity index (χ1) is 9.58. The van der Waals surface area contributed by atoms with Crippen molar-refractivity contribution in [2.75, 3.05) is 0 Å². The summed E-state index contributed by atoms with van der Waals surface area (Å²) in [4.78, 5) is 12.6. The summed E-state index contributed by atoms with van der Waals surface area (Å²) in [5, 5.41) is 4.44. The molecule has 0 unspecified atom stereocenters. The first-order valence-electron chi connectivity index (χ1n) is 7.33. The average molecular weight is 271 g/mol. The fourth-order valence-electron chi connectivity index (χ4n) is 2.66. The lowest BCUT2D eigenvalue weighted by atomic mass is 10.0. The molecule has 0 spiro atoms. The molecule has 106 valence electrons. The van der Waals surface area contributed by atoms with E-state index in [1.807, 2.05) is 31.5 Å². The van der Waals surface area contributed by atoms with Gasteiger partial charge in [0, 0.05) is 11.8 Å². The molecule has 2 heterocycles. The van der Waals surface area contributed by atoms with Gasteiger partial charge in [-0.25, -0.2) is 0 Å². The van der Waals surface area contributed by atoms with Crippen LogP contribution in [0.3, 0.4) is 0 Å². The van der Waals surface area contributed by atoms with Crippen molar-refractivity contribution in [3.63, 3.8) is 0 Å². The smallest absolute Gasteiger partial charge is 0.258 e. The maximum Gasteiger partial charge on any atom is 0.258 e. The topological polar surface area (TPSA) is 39.8 Å². The zero-order valence-electron chi connectivity index (χ0n) is 12.3. The maximum absolute atomic E-state index is 12.6. The Bertz CT molecular complexity index is 677. The lowest BCUT2D eigenvalue weighted by Crippen LogP contribution is -2.22. The van der Waals surface area contributed by atoms with Crippen LogP contribution in [0.1, 0.15) is 44.0 Å². The summed E-state index contributed by atoms with van der Waals surface area (Å²) in [7, 11) is 0. The van der Waals surface area contributed by atoms with Crippen LogP contribution in [-0.2, 0) is 6.42 Å².